The molecular formula is C16H15N3O5S. The number of amides is 1. The number of nitro groups is 1. The molecule has 8 nitrogen and oxygen atoms in total. The lowest BCUT2D eigenvalue weighted by atomic mass is 9.86. The van der Waals surface area contributed by atoms with Crippen LogP contribution < -0.4 is 5.32 Å². The number of nitrogens with one attached hydrogen (secondary N) is 1. The molecule has 0 aliphatic heterocycles. The van der Waals surface area contributed by atoms with Gasteiger partial charge in [0.1, 0.15) is 0 Å². The zero-order valence-corrected chi connectivity index (χ0v) is 14.0. The molecule has 0 spiro atoms. The van der Waals surface area contributed by atoms with Crippen molar-refractivity contribution in [1.82, 2.24) is 4.98 Å². The lowest BCUT2D eigenvalue weighted by molar-refractivity contribution is -0.384. The van der Waals surface area contributed by atoms with E-state index in [4.69, 9.17) is 4.74 Å². The number of esters is 1. The van der Waals surface area contributed by atoms with Crippen LogP contribution in [0.3, 0.4) is 0 Å². The first-order valence-corrected chi connectivity index (χ1v) is 8.58. The highest BCUT2D eigenvalue weighted by atomic mass is 32.1. The number of rotatable bonds is 6. The number of ether oxygens (including phenoxy) is 1. The van der Waals surface area contributed by atoms with Crippen LogP contribution in [0.5, 0.6) is 0 Å². The van der Waals surface area contributed by atoms with Gasteiger partial charge in [0, 0.05) is 23.1 Å². The molecule has 3 rings (SSSR count). The van der Waals surface area contributed by atoms with Crippen molar-refractivity contribution in [2.24, 2.45) is 5.92 Å². The predicted molar refractivity (Wildman–Crippen MR) is 91.1 cm³/mol. The van der Waals surface area contributed by atoms with E-state index in [1.165, 1.54) is 23.5 Å². The fourth-order valence-electron chi connectivity index (χ4n) is 2.30. The van der Waals surface area contributed by atoms with Crippen molar-refractivity contribution >= 4 is 34.0 Å². The molecule has 1 amide bonds. The molecule has 2 aromatic rings. The maximum Gasteiger partial charge on any atom is 0.309 e. The van der Waals surface area contributed by atoms with Crippen molar-refractivity contribution in [2.45, 2.75) is 19.3 Å². The zero-order chi connectivity index (χ0) is 17.8. The van der Waals surface area contributed by atoms with Gasteiger partial charge >= 0.3 is 5.97 Å². The van der Waals surface area contributed by atoms with Gasteiger partial charge in [-0.1, -0.05) is 18.6 Å². The summed E-state index contributed by atoms with van der Waals surface area (Å²) in [5.74, 6) is -0.876. The number of anilines is 1. The number of thiazole rings is 1. The monoisotopic (exact) mass is 361 g/mol. The number of nitrogens with zero attached hydrogens (tertiary/aromatic N) is 2. The Morgan fingerprint density at radius 2 is 2.20 bits per heavy atom. The fraction of sp³-hybridized carbons (Fsp3) is 0.312. The lowest BCUT2D eigenvalue weighted by Gasteiger charge is -2.22. The molecule has 1 N–H and O–H groups in total. The highest BCUT2D eigenvalue weighted by molar-refractivity contribution is 7.14. The SMILES string of the molecule is O=C(COC(=O)C1CCC1)Nc1nc(-c2cccc([N+](=O)[O-])c2)cs1. The molecule has 1 aliphatic rings. The van der Waals surface area contributed by atoms with Gasteiger partial charge in [-0.05, 0) is 12.8 Å². The van der Waals surface area contributed by atoms with Gasteiger partial charge in [0.25, 0.3) is 11.6 Å². The van der Waals surface area contributed by atoms with Gasteiger partial charge in [0.2, 0.25) is 0 Å². The Bertz CT molecular complexity index is 816. The molecule has 9 heteroatoms. The number of hydrogen-bond donors (Lipinski definition) is 1. The van der Waals surface area contributed by atoms with Crippen LogP contribution in [-0.2, 0) is 14.3 Å². The minimum Gasteiger partial charge on any atom is -0.455 e. The third-order valence-corrected chi connectivity index (χ3v) is 4.65. The van der Waals surface area contributed by atoms with E-state index in [0.29, 0.717) is 16.4 Å². The smallest absolute Gasteiger partial charge is 0.309 e. The molecule has 0 unspecified atom stereocenters. The third kappa shape index (κ3) is 4.18. The predicted octanol–water partition coefficient (Wildman–Crippen LogP) is 3.00. The van der Waals surface area contributed by atoms with E-state index in [0.717, 1.165) is 19.3 Å². The van der Waals surface area contributed by atoms with Crippen molar-refractivity contribution in [3.63, 3.8) is 0 Å². The topological polar surface area (TPSA) is 111 Å². The average molecular weight is 361 g/mol. The summed E-state index contributed by atoms with van der Waals surface area (Å²) < 4.78 is 4.96. The highest BCUT2D eigenvalue weighted by Crippen LogP contribution is 2.28. The molecule has 130 valence electrons. The first-order chi connectivity index (χ1) is 12.0. The van der Waals surface area contributed by atoms with Gasteiger partial charge in [0.15, 0.2) is 11.7 Å². The van der Waals surface area contributed by atoms with E-state index in [9.17, 15) is 19.7 Å². The third-order valence-electron chi connectivity index (χ3n) is 3.89. The second-order valence-corrected chi connectivity index (χ2v) is 6.49. The van der Waals surface area contributed by atoms with Crippen molar-refractivity contribution in [3.8, 4) is 11.3 Å². The highest BCUT2D eigenvalue weighted by Gasteiger charge is 2.27. The van der Waals surface area contributed by atoms with Crippen molar-refractivity contribution in [1.29, 1.82) is 0 Å². The first-order valence-electron chi connectivity index (χ1n) is 7.70. The number of benzene rings is 1. The number of carbonyl (C=O) groups excluding carboxylic acids is 2. The van der Waals surface area contributed by atoms with Crippen LogP contribution in [0.2, 0.25) is 0 Å². The number of hydrogen-bond acceptors (Lipinski definition) is 7. The van der Waals surface area contributed by atoms with E-state index in [1.807, 2.05) is 0 Å². The molecule has 25 heavy (non-hydrogen) atoms. The summed E-state index contributed by atoms with van der Waals surface area (Å²) in [6, 6.07) is 6.09. The van der Waals surface area contributed by atoms with Gasteiger partial charge in [-0.25, -0.2) is 4.98 Å². The first kappa shape index (κ1) is 17.0. The van der Waals surface area contributed by atoms with E-state index in [2.05, 4.69) is 10.3 Å². The van der Waals surface area contributed by atoms with Crippen molar-refractivity contribution in [3.05, 3.63) is 39.8 Å². The van der Waals surface area contributed by atoms with Crippen LogP contribution in [0.1, 0.15) is 19.3 Å². The Labute approximate surface area is 147 Å². The number of non-ortho nitro benzene ring substituents is 1. The van der Waals surface area contributed by atoms with Crippen molar-refractivity contribution < 1.29 is 19.2 Å². The Kier molecular flexibility index (Phi) is 5.03. The van der Waals surface area contributed by atoms with E-state index in [-0.39, 0.29) is 24.2 Å². The lowest BCUT2D eigenvalue weighted by Crippen LogP contribution is -2.28. The summed E-state index contributed by atoms with van der Waals surface area (Å²) >= 11 is 1.19. The van der Waals surface area contributed by atoms with Crippen LogP contribution in [0, 0.1) is 16.0 Å². The molecule has 1 fully saturated rings. The molecule has 1 aromatic heterocycles. The maximum absolute atomic E-state index is 11.8. The van der Waals surface area contributed by atoms with Crippen LogP contribution in [0.25, 0.3) is 11.3 Å². The molecule has 0 saturated heterocycles. The Balaban J connectivity index is 1.57. The molecule has 0 bridgehead atoms. The minimum atomic E-state index is -0.477. The maximum atomic E-state index is 11.8. The molecular weight excluding hydrogens is 346 g/mol. The standard InChI is InChI=1S/C16H15N3O5S/c20-14(8-24-15(21)10-3-1-4-10)18-16-17-13(9-25-16)11-5-2-6-12(7-11)19(22)23/h2,5-7,9-10H,1,3-4,8H2,(H,17,18,20). The van der Waals surface area contributed by atoms with E-state index >= 15 is 0 Å². The average Bonchev–Trinajstić information content (AvgIpc) is 3.00. The van der Waals surface area contributed by atoms with Crippen LogP contribution in [0.4, 0.5) is 10.8 Å². The Hall–Kier alpha value is -2.81. The second-order valence-electron chi connectivity index (χ2n) is 5.63. The number of carbonyl (C=O) groups is 2. The minimum absolute atomic E-state index is 0.0287. The summed E-state index contributed by atoms with van der Waals surface area (Å²) in [5.41, 5.74) is 1.08. The van der Waals surface area contributed by atoms with E-state index < -0.39 is 10.8 Å². The van der Waals surface area contributed by atoms with Gasteiger partial charge in [-0.2, -0.15) is 0 Å². The molecule has 1 aliphatic carbocycles. The van der Waals surface area contributed by atoms with Gasteiger partial charge in [-0.15, -0.1) is 11.3 Å². The summed E-state index contributed by atoms with van der Waals surface area (Å²) in [5, 5.41) is 15.4. The molecule has 1 aromatic carbocycles. The van der Waals surface area contributed by atoms with Gasteiger partial charge in [0.05, 0.1) is 16.5 Å². The second kappa shape index (κ2) is 7.39. The Morgan fingerprint density at radius 3 is 2.88 bits per heavy atom. The largest absolute Gasteiger partial charge is 0.455 e. The van der Waals surface area contributed by atoms with Gasteiger partial charge in [-0.3, -0.25) is 25.0 Å². The molecule has 1 heterocycles. The molecule has 1 saturated carbocycles. The summed E-state index contributed by atoms with van der Waals surface area (Å²) in [6.07, 6.45) is 2.66. The quantitative estimate of drug-likeness (QED) is 0.481. The summed E-state index contributed by atoms with van der Waals surface area (Å²) in [6.45, 7) is -0.346. The van der Waals surface area contributed by atoms with Crippen LogP contribution in [0.15, 0.2) is 29.6 Å². The van der Waals surface area contributed by atoms with Gasteiger partial charge < -0.3 is 4.74 Å². The van der Waals surface area contributed by atoms with Crippen molar-refractivity contribution in [2.75, 3.05) is 11.9 Å². The Morgan fingerprint density at radius 1 is 1.40 bits per heavy atom. The van der Waals surface area contributed by atoms with Crippen LogP contribution in [-0.4, -0.2) is 28.4 Å². The van der Waals surface area contributed by atoms with E-state index in [1.54, 1.807) is 17.5 Å². The number of aromatic nitrogens is 1. The number of nitro benzene ring substituents is 1. The molecule has 0 atom stereocenters. The molecule has 0 radical (unpaired) electrons. The zero-order valence-electron chi connectivity index (χ0n) is 13.1. The summed E-state index contributed by atoms with van der Waals surface area (Å²) in [4.78, 5) is 38.0. The normalized spacial score (nSPS) is 13.8. The summed E-state index contributed by atoms with van der Waals surface area (Å²) in [7, 11) is 0. The van der Waals surface area contributed by atoms with Crippen LogP contribution >= 0.6 is 11.3 Å². The fourth-order valence-corrected chi connectivity index (χ4v) is 3.03.